The summed E-state index contributed by atoms with van der Waals surface area (Å²) >= 11 is 0. The molecule has 0 saturated heterocycles. The van der Waals surface area contributed by atoms with E-state index in [-0.39, 0.29) is 41.4 Å². The summed E-state index contributed by atoms with van der Waals surface area (Å²) in [4.78, 5) is 73.0. The molecule has 0 radical (unpaired) electrons. The van der Waals surface area contributed by atoms with Crippen LogP contribution in [0.15, 0.2) is 48.7 Å². The van der Waals surface area contributed by atoms with Gasteiger partial charge in [-0.05, 0) is 67.8 Å². The quantitative estimate of drug-likeness (QED) is 0.167. The number of carbonyl (C=O) groups excluding carboxylic acids is 4. The van der Waals surface area contributed by atoms with E-state index in [1.54, 1.807) is 24.4 Å². The molecular weight excluding hydrogens is 594 g/mol. The largest absolute Gasteiger partial charge is 0.467 e. The lowest BCUT2D eigenvalue weighted by Crippen LogP contribution is -2.49. The number of aromatic nitrogens is 4. The Kier molecular flexibility index (Phi) is 9.32. The summed E-state index contributed by atoms with van der Waals surface area (Å²) in [6.45, 7) is 1.26. The number of imide groups is 1. The summed E-state index contributed by atoms with van der Waals surface area (Å²) < 4.78 is 9.76. The van der Waals surface area contributed by atoms with Crippen LogP contribution in [-0.4, -0.2) is 81.9 Å². The lowest BCUT2D eigenvalue weighted by atomic mass is 10.0. The van der Waals surface area contributed by atoms with E-state index in [1.807, 2.05) is 0 Å². The molecule has 15 nitrogen and oxygen atoms in total. The van der Waals surface area contributed by atoms with E-state index in [9.17, 15) is 19.2 Å². The fourth-order valence-electron chi connectivity index (χ4n) is 5.37. The molecule has 0 bridgehead atoms. The van der Waals surface area contributed by atoms with Crippen molar-refractivity contribution in [3.8, 4) is 0 Å². The van der Waals surface area contributed by atoms with Gasteiger partial charge in [0.15, 0.2) is 17.0 Å². The predicted molar refractivity (Wildman–Crippen MR) is 168 cm³/mol. The third kappa shape index (κ3) is 6.39. The molecule has 0 fully saturated rings. The number of amides is 2. The average molecular weight is 628 g/mol. The van der Waals surface area contributed by atoms with E-state index in [0.29, 0.717) is 42.8 Å². The van der Waals surface area contributed by atoms with Crippen LogP contribution in [0.5, 0.6) is 0 Å². The van der Waals surface area contributed by atoms with Gasteiger partial charge in [0.1, 0.15) is 6.04 Å². The minimum absolute atomic E-state index is 0.0122. The molecule has 3 heterocycles. The van der Waals surface area contributed by atoms with Crippen molar-refractivity contribution < 1.29 is 28.7 Å². The highest BCUT2D eigenvalue weighted by Gasteiger charge is 2.37. The zero-order valence-electron chi connectivity index (χ0n) is 25.3. The van der Waals surface area contributed by atoms with E-state index >= 15 is 0 Å². The van der Waals surface area contributed by atoms with Crippen LogP contribution in [0.1, 0.15) is 55.2 Å². The number of fused-ring (bicyclic) bond motifs is 2. The van der Waals surface area contributed by atoms with Gasteiger partial charge in [0.25, 0.3) is 11.8 Å². The number of hydrogen-bond donors (Lipinski definition) is 3. The van der Waals surface area contributed by atoms with Crippen LogP contribution in [0.25, 0.3) is 11.2 Å². The molecule has 2 aromatic heterocycles. The Labute approximate surface area is 263 Å². The van der Waals surface area contributed by atoms with Gasteiger partial charge in [-0.2, -0.15) is 9.97 Å². The first-order chi connectivity index (χ1) is 22.1. The van der Waals surface area contributed by atoms with Crippen molar-refractivity contribution in [2.75, 3.05) is 43.7 Å². The average Bonchev–Trinajstić information content (AvgIpc) is 3.47. The first kappa shape index (κ1) is 31.7. The molecule has 1 aliphatic heterocycles. The van der Waals surface area contributed by atoms with Crippen molar-refractivity contribution in [3.63, 3.8) is 0 Å². The van der Waals surface area contributed by atoms with Crippen molar-refractivity contribution in [2.45, 2.75) is 31.8 Å². The van der Waals surface area contributed by atoms with Gasteiger partial charge < -0.3 is 31.6 Å². The predicted octanol–water partition coefficient (Wildman–Crippen LogP) is 1.50. The second-order valence-corrected chi connectivity index (χ2v) is 10.5. The van der Waals surface area contributed by atoms with Crippen molar-refractivity contribution in [1.29, 1.82) is 0 Å². The highest BCUT2D eigenvalue weighted by Crippen LogP contribution is 2.31. The molecule has 6 N–H and O–H groups in total. The minimum Gasteiger partial charge on any atom is -0.467 e. The maximum Gasteiger partial charge on any atom is 0.337 e. The standard InChI is InChI=1S/C31H33N9O6/c1-45-29(43)20-6-3-5-18(14-20)27(41)40(23(7-4-11-32)30(44)46-2)28(42)19-8-9-22-17(13-19)10-12-39(22)16-21-15-35-26-24(36-21)25(33)37-31(34)38-26/h3,5-6,8-9,13-15,23H,4,7,10-12,16,32H2,1-2H3,(H4,33,34,35,37,38)/t23-/m0/s1. The Morgan fingerprint density at radius 3 is 2.41 bits per heavy atom. The summed E-state index contributed by atoms with van der Waals surface area (Å²) in [5.41, 5.74) is 20.7. The Morgan fingerprint density at radius 2 is 1.70 bits per heavy atom. The number of hydrogen-bond acceptors (Lipinski definition) is 14. The van der Waals surface area contributed by atoms with Crippen LogP contribution in [-0.2, 0) is 27.2 Å². The molecule has 0 aliphatic carbocycles. The number of esters is 2. The fourth-order valence-corrected chi connectivity index (χ4v) is 5.37. The molecule has 1 aliphatic rings. The molecular formula is C31H33N9O6. The number of methoxy groups -OCH3 is 2. The van der Waals surface area contributed by atoms with Gasteiger partial charge in [0.05, 0.1) is 38.2 Å². The second kappa shape index (κ2) is 13.5. The molecule has 15 heteroatoms. The molecule has 0 saturated carbocycles. The van der Waals surface area contributed by atoms with Crippen LogP contribution in [0.4, 0.5) is 17.5 Å². The van der Waals surface area contributed by atoms with Crippen molar-refractivity contribution in [1.82, 2.24) is 24.8 Å². The SMILES string of the molecule is COC(=O)c1cccc(C(=O)N(C(=O)c2ccc3c(c2)CCN3Cc2cnc3nc(N)nc(N)c3n2)[C@@H](CCCN)C(=O)OC)c1. The molecule has 238 valence electrons. The Bertz CT molecular complexity index is 1830. The highest BCUT2D eigenvalue weighted by molar-refractivity contribution is 6.13. The van der Waals surface area contributed by atoms with Crippen molar-refractivity contribution >= 4 is 52.4 Å². The molecule has 0 unspecified atom stereocenters. The lowest BCUT2D eigenvalue weighted by molar-refractivity contribution is -0.145. The summed E-state index contributed by atoms with van der Waals surface area (Å²) in [5, 5.41) is 0. The Hall–Kier alpha value is -5.70. The van der Waals surface area contributed by atoms with Gasteiger partial charge in [0, 0.05) is 23.4 Å². The maximum absolute atomic E-state index is 14.1. The van der Waals surface area contributed by atoms with E-state index in [1.165, 1.54) is 38.5 Å². The zero-order valence-corrected chi connectivity index (χ0v) is 25.3. The molecule has 46 heavy (non-hydrogen) atoms. The van der Waals surface area contributed by atoms with E-state index in [2.05, 4.69) is 24.8 Å². The highest BCUT2D eigenvalue weighted by atomic mass is 16.5. The van der Waals surface area contributed by atoms with E-state index in [0.717, 1.165) is 16.2 Å². The van der Waals surface area contributed by atoms with Crippen LogP contribution in [0, 0.1) is 0 Å². The number of nitrogens with zero attached hydrogens (tertiary/aromatic N) is 6. The van der Waals surface area contributed by atoms with Crippen molar-refractivity contribution in [2.24, 2.45) is 5.73 Å². The number of nitrogens with two attached hydrogens (primary N) is 3. The molecule has 2 aromatic carbocycles. The first-order valence-electron chi connectivity index (χ1n) is 14.4. The first-order valence-corrected chi connectivity index (χ1v) is 14.4. The number of anilines is 3. The molecule has 1 atom stereocenters. The van der Waals surface area contributed by atoms with Crippen LogP contribution >= 0.6 is 0 Å². The smallest absolute Gasteiger partial charge is 0.337 e. The van der Waals surface area contributed by atoms with Gasteiger partial charge >= 0.3 is 11.9 Å². The summed E-state index contributed by atoms with van der Waals surface area (Å²) in [5.74, 6) is -2.74. The molecule has 4 aromatic rings. The molecule has 0 spiro atoms. The zero-order chi connectivity index (χ0) is 33.0. The van der Waals surface area contributed by atoms with Crippen LogP contribution < -0.4 is 22.1 Å². The van der Waals surface area contributed by atoms with Crippen LogP contribution in [0.3, 0.4) is 0 Å². The molecule has 2 amide bonds. The maximum atomic E-state index is 14.1. The topological polar surface area (TPSA) is 223 Å². The number of benzene rings is 2. The van der Waals surface area contributed by atoms with Crippen LogP contribution in [0.2, 0.25) is 0 Å². The minimum atomic E-state index is -1.25. The van der Waals surface area contributed by atoms with Gasteiger partial charge in [0.2, 0.25) is 5.95 Å². The van der Waals surface area contributed by atoms with Gasteiger partial charge in [-0.25, -0.2) is 19.6 Å². The number of ether oxygens (including phenoxy) is 2. The van der Waals surface area contributed by atoms with Gasteiger partial charge in [-0.3, -0.25) is 14.5 Å². The summed E-state index contributed by atoms with van der Waals surface area (Å²) in [6, 6.07) is 9.59. The Balaban J connectivity index is 1.45. The lowest BCUT2D eigenvalue weighted by Gasteiger charge is -2.29. The normalized spacial score (nSPS) is 12.8. The number of carbonyl (C=O) groups is 4. The monoisotopic (exact) mass is 627 g/mol. The number of rotatable bonds is 10. The summed E-state index contributed by atoms with van der Waals surface area (Å²) in [6.07, 6.45) is 2.64. The van der Waals surface area contributed by atoms with E-state index < -0.39 is 29.8 Å². The van der Waals surface area contributed by atoms with E-state index in [4.69, 9.17) is 26.7 Å². The molecule has 5 rings (SSSR count). The third-order valence-corrected chi connectivity index (χ3v) is 7.61. The van der Waals surface area contributed by atoms with Gasteiger partial charge in [-0.15, -0.1) is 0 Å². The Morgan fingerprint density at radius 1 is 0.957 bits per heavy atom. The third-order valence-electron chi connectivity index (χ3n) is 7.61. The second-order valence-electron chi connectivity index (χ2n) is 10.5. The fraction of sp³-hybridized carbons (Fsp3) is 0.290. The summed E-state index contributed by atoms with van der Waals surface area (Å²) in [7, 11) is 2.40. The van der Waals surface area contributed by atoms with Gasteiger partial charge in [-0.1, -0.05) is 6.07 Å². The van der Waals surface area contributed by atoms with Crippen molar-refractivity contribution in [3.05, 3.63) is 76.6 Å². The number of nitrogen functional groups attached to an aromatic ring is 2.